The van der Waals surface area contributed by atoms with Crippen LogP contribution in [-0.4, -0.2) is 28.8 Å². The van der Waals surface area contributed by atoms with Crippen LogP contribution >= 0.6 is 11.6 Å². The Morgan fingerprint density at radius 3 is 2.84 bits per heavy atom. The van der Waals surface area contributed by atoms with Gasteiger partial charge in [-0.25, -0.2) is 0 Å². The van der Waals surface area contributed by atoms with Gasteiger partial charge in [0.05, 0.1) is 16.7 Å². The first-order valence-corrected chi connectivity index (χ1v) is 8.57. The van der Waals surface area contributed by atoms with Gasteiger partial charge in [-0.15, -0.1) is 0 Å². The van der Waals surface area contributed by atoms with Crippen molar-refractivity contribution in [1.82, 2.24) is 15.1 Å². The van der Waals surface area contributed by atoms with Crippen molar-refractivity contribution in [2.75, 3.05) is 13.2 Å². The van der Waals surface area contributed by atoms with Crippen LogP contribution in [0.4, 0.5) is 0 Å². The maximum Gasteiger partial charge on any atom is 0.257 e. The molecule has 0 aliphatic rings. The fourth-order valence-electron chi connectivity index (χ4n) is 2.54. The number of amides is 1. The number of nitrogens with zero attached hydrogens (tertiary/aromatic N) is 2. The van der Waals surface area contributed by atoms with Gasteiger partial charge in [0.2, 0.25) is 0 Å². The smallest absolute Gasteiger partial charge is 0.257 e. The maximum absolute atomic E-state index is 11.8. The molecule has 2 aromatic carbocycles. The van der Waals surface area contributed by atoms with E-state index in [0.29, 0.717) is 23.9 Å². The van der Waals surface area contributed by atoms with Crippen LogP contribution in [-0.2, 0) is 11.3 Å². The second-order valence-electron chi connectivity index (χ2n) is 5.85. The van der Waals surface area contributed by atoms with E-state index < -0.39 is 0 Å². The van der Waals surface area contributed by atoms with Gasteiger partial charge in [-0.3, -0.25) is 9.48 Å². The van der Waals surface area contributed by atoms with E-state index in [4.69, 9.17) is 16.3 Å². The molecule has 130 valence electrons. The van der Waals surface area contributed by atoms with Crippen molar-refractivity contribution in [2.24, 2.45) is 0 Å². The third kappa shape index (κ3) is 4.51. The van der Waals surface area contributed by atoms with Gasteiger partial charge in [0, 0.05) is 18.5 Å². The van der Waals surface area contributed by atoms with Crippen molar-refractivity contribution in [3.63, 3.8) is 0 Å². The lowest BCUT2D eigenvalue weighted by Crippen LogP contribution is -2.30. The molecule has 0 bridgehead atoms. The van der Waals surface area contributed by atoms with E-state index in [2.05, 4.69) is 10.4 Å². The molecular weight excluding hydrogens is 338 g/mol. The molecule has 0 spiro atoms. The Bertz CT molecular complexity index is 859. The number of benzene rings is 2. The average molecular weight is 358 g/mol. The maximum atomic E-state index is 11.8. The van der Waals surface area contributed by atoms with Gasteiger partial charge in [0.1, 0.15) is 5.75 Å². The average Bonchev–Trinajstić information content (AvgIpc) is 3.03. The number of rotatable bonds is 7. The van der Waals surface area contributed by atoms with Crippen LogP contribution in [0.2, 0.25) is 5.02 Å². The second kappa shape index (κ2) is 8.03. The number of hydrogen-bond acceptors (Lipinski definition) is 3. The third-order valence-corrected chi connectivity index (χ3v) is 4.22. The first kappa shape index (κ1) is 17.3. The van der Waals surface area contributed by atoms with Crippen molar-refractivity contribution in [2.45, 2.75) is 19.9 Å². The normalized spacial score (nSPS) is 10.8. The summed E-state index contributed by atoms with van der Waals surface area (Å²) in [5, 5.41) is 8.85. The van der Waals surface area contributed by atoms with Crippen LogP contribution in [0.15, 0.2) is 48.7 Å². The highest BCUT2D eigenvalue weighted by molar-refractivity contribution is 6.35. The predicted octanol–water partition coefficient (Wildman–Crippen LogP) is 3.58. The summed E-state index contributed by atoms with van der Waals surface area (Å²) in [6, 6.07) is 13.4. The van der Waals surface area contributed by atoms with Crippen molar-refractivity contribution in [3.05, 3.63) is 59.2 Å². The van der Waals surface area contributed by atoms with Gasteiger partial charge in [0.25, 0.3) is 5.91 Å². The molecule has 0 atom stereocenters. The van der Waals surface area contributed by atoms with E-state index in [1.807, 2.05) is 54.1 Å². The molecule has 3 rings (SSSR count). The lowest BCUT2D eigenvalue weighted by molar-refractivity contribution is -0.123. The number of carbonyl (C=O) groups is 1. The summed E-state index contributed by atoms with van der Waals surface area (Å²) in [4.78, 5) is 11.8. The Hall–Kier alpha value is -2.53. The van der Waals surface area contributed by atoms with Crippen LogP contribution in [0.25, 0.3) is 10.9 Å². The van der Waals surface area contributed by atoms with Gasteiger partial charge in [-0.05, 0) is 37.6 Å². The Labute approximate surface area is 151 Å². The molecule has 1 amide bonds. The summed E-state index contributed by atoms with van der Waals surface area (Å²) in [6.07, 6.45) is 2.55. The van der Waals surface area contributed by atoms with Crippen LogP contribution in [0.3, 0.4) is 0 Å². The molecular formula is C19H20ClN3O2. The van der Waals surface area contributed by atoms with E-state index >= 15 is 0 Å². The highest BCUT2D eigenvalue weighted by Gasteiger charge is 2.06. The predicted molar refractivity (Wildman–Crippen MR) is 99.0 cm³/mol. The zero-order valence-corrected chi connectivity index (χ0v) is 14.8. The largest absolute Gasteiger partial charge is 0.484 e. The summed E-state index contributed by atoms with van der Waals surface area (Å²) < 4.78 is 7.35. The van der Waals surface area contributed by atoms with E-state index in [0.717, 1.165) is 22.9 Å². The summed E-state index contributed by atoms with van der Waals surface area (Å²) in [5.41, 5.74) is 2.16. The molecule has 0 fully saturated rings. The molecule has 0 aliphatic heterocycles. The Morgan fingerprint density at radius 1 is 1.24 bits per heavy atom. The number of carbonyl (C=O) groups excluding carboxylic acids is 1. The lowest BCUT2D eigenvalue weighted by atomic mass is 10.2. The molecule has 0 saturated carbocycles. The van der Waals surface area contributed by atoms with Crippen molar-refractivity contribution < 1.29 is 9.53 Å². The molecule has 1 aromatic heterocycles. The van der Waals surface area contributed by atoms with Crippen molar-refractivity contribution in [3.8, 4) is 5.75 Å². The number of nitrogens with one attached hydrogen (secondary N) is 1. The fourth-order valence-corrected chi connectivity index (χ4v) is 2.76. The number of ether oxygens (including phenoxy) is 1. The fraction of sp³-hybridized carbons (Fsp3) is 0.263. The molecule has 0 saturated heterocycles. The van der Waals surface area contributed by atoms with Crippen LogP contribution < -0.4 is 10.1 Å². The van der Waals surface area contributed by atoms with Gasteiger partial charge >= 0.3 is 0 Å². The zero-order chi connectivity index (χ0) is 17.6. The number of fused-ring (bicyclic) bond motifs is 1. The summed E-state index contributed by atoms with van der Waals surface area (Å²) in [5.74, 6) is 0.564. The summed E-state index contributed by atoms with van der Waals surface area (Å²) in [6.45, 7) is 3.30. The molecule has 6 heteroatoms. The second-order valence-corrected chi connectivity index (χ2v) is 6.25. The Kier molecular flexibility index (Phi) is 5.56. The Morgan fingerprint density at radius 2 is 2.04 bits per heavy atom. The van der Waals surface area contributed by atoms with Crippen molar-refractivity contribution in [1.29, 1.82) is 0 Å². The van der Waals surface area contributed by atoms with E-state index in [1.165, 1.54) is 0 Å². The van der Waals surface area contributed by atoms with Crippen LogP contribution in [0, 0.1) is 6.92 Å². The quantitative estimate of drug-likeness (QED) is 0.657. The van der Waals surface area contributed by atoms with Gasteiger partial charge < -0.3 is 10.1 Å². The van der Waals surface area contributed by atoms with Crippen LogP contribution in [0.1, 0.15) is 12.0 Å². The van der Waals surface area contributed by atoms with E-state index in [9.17, 15) is 4.79 Å². The number of aryl methyl sites for hydroxylation is 2. The molecule has 0 aliphatic carbocycles. The van der Waals surface area contributed by atoms with Crippen LogP contribution in [0.5, 0.6) is 5.75 Å². The molecule has 1 N–H and O–H groups in total. The van der Waals surface area contributed by atoms with E-state index in [1.54, 1.807) is 6.20 Å². The van der Waals surface area contributed by atoms with Gasteiger partial charge in [0.15, 0.2) is 6.61 Å². The SMILES string of the molecule is Cc1ccc(OCC(=O)NCCCn2ncc3c(Cl)cccc32)cc1. The lowest BCUT2D eigenvalue weighted by Gasteiger charge is -2.08. The minimum absolute atomic E-state index is 0.0172. The highest BCUT2D eigenvalue weighted by Crippen LogP contribution is 2.22. The third-order valence-electron chi connectivity index (χ3n) is 3.89. The molecule has 0 unspecified atom stereocenters. The Balaban J connectivity index is 1.41. The molecule has 5 nitrogen and oxygen atoms in total. The number of aromatic nitrogens is 2. The van der Waals surface area contributed by atoms with E-state index in [-0.39, 0.29) is 12.5 Å². The summed E-state index contributed by atoms with van der Waals surface area (Å²) in [7, 11) is 0. The first-order valence-electron chi connectivity index (χ1n) is 8.20. The minimum atomic E-state index is -0.131. The number of halogens is 1. The standard InChI is InChI=1S/C19H20ClN3O2/c1-14-6-8-15(9-7-14)25-13-19(24)21-10-3-11-23-18-5-2-4-17(20)16(18)12-22-23/h2,4-9,12H,3,10-11,13H2,1H3,(H,21,24). The molecule has 25 heavy (non-hydrogen) atoms. The minimum Gasteiger partial charge on any atom is -0.484 e. The monoisotopic (exact) mass is 357 g/mol. The van der Waals surface area contributed by atoms with Crippen molar-refractivity contribution >= 4 is 28.4 Å². The van der Waals surface area contributed by atoms with Gasteiger partial charge in [-0.1, -0.05) is 35.4 Å². The highest BCUT2D eigenvalue weighted by atomic mass is 35.5. The number of hydrogen-bond donors (Lipinski definition) is 1. The first-order chi connectivity index (χ1) is 12.1. The molecule has 1 heterocycles. The zero-order valence-electron chi connectivity index (χ0n) is 14.0. The van der Waals surface area contributed by atoms with Gasteiger partial charge in [-0.2, -0.15) is 5.10 Å². The molecule has 3 aromatic rings. The molecule has 0 radical (unpaired) electrons. The topological polar surface area (TPSA) is 56.1 Å². The summed E-state index contributed by atoms with van der Waals surface area (Å²) >= 11 is 6.14.